The highest BCUT2D eigenvalue weighted by molar-refractivity contribution is 6.30. The van der Waals surface area contributed by atoms with Gasteiger partial charge in [0.05, 0.1) is 5.02 Å². The van der Waals surface area contributed by atoms with E-state index in [4.69, 9.17) is 17.3 Å². The standard InChI is InChI=1S/C17H15ClFN3O2/c18-13-6-5-12(9-14(13)19)22-8-7-15(17(22)24)21-11-3-1-10(2-4-11)16(20)23/h1-6,9,15,21H,7-8H2,(H2,20,23). The minimum Gasteiger partial charge on any atom is -0.374 e. The van der Waals surface area contributed by atoms with Gasteiger partial charge in [0, 0.05) is 23.5 Å². The Balaban J connectivity index is 1.71. The summed E-state index contributed by atoms with van der Waals surface area (Å²) >= 11 is 5.67. The first-order valence-electron chi connectivity index (χ1n) is 7.38. The lowest BCUT2D eigenvalue weighted by atomic mass is 10.1. The van der Waals surface area contributed by atoms with Crippen molar-refractivity contribution in [2.75, 3.05) is 16.8 Å². The SMILES string of the molecule is NC(=O)c1ccc(NC2CCN(c3ccc(Cl)c(F)c3)C2=O)cc1. The third-order valence-corrected chi connectivity index (χ3v) is 4.24. The van der Waals surface area contributed by atoms with Crippen LogP contribution in [-0.2, 0) is 4.79 Å². The summed E-state index contributed by atoms with van der Waals surface area (Å²) in [5, 5.41) is 3.14. The molecule has 1 saturated heterocycles. The Bertz CT molecular complexity index is 795. The number of rotatable bonds is 4. The van der Waals surface area contributed by atoms with Crippen LogP contribution in [0.3, 0.4) is 0 Å². The molecule has 1 atom stereocenters. The minimum absolute atomic E-state index is 0.0228. The van der Waals surface area contributed by atoms with Gasteiger partial charge in [-0.1, -0.05) is 11.6 Å². The first kappa shape index (κ1) is 16.3. The maximum atomic E-state index is 13.6. The predicted octanol–water partition coefficient (Wildman–Crippen LogP) is 2.80. The molecule has 0 aliphatic carbocycles. The first-order valence-corrected chi connectivity index (χ1v) is 7.76. The number of hydrogen-bond donors (Lipinski definition) is 2. The normalized spacial score (nSPS) is 17.2. The Morgan fingerprint density at radius 3 is 2.58 bits per heavy atom. The van der Waals surface area contributed by atoms with Gasteiger partial charge in [-0.3, -0.25) is 9.59 Å². The number of hydrogen-bond acceptors (Lipinski definition) is 3. The molecule has 0 bridgehead atoms. The molecule has 1 unspecified atom stereocenters. The van der Waals surface area contributed by atoms with Crippen LogP contribution in [0.5, 0.6) is 0 Å². The van der Waals surface area contributed by atoms with Gasteiger partial charge in [-0.2, -0.15) is 0 Å². The van der Waals surface area contributed by atoms with E-state index in [1.54, 1.807) is 30.3 Å². The molecule has 1 aliphatic heterocycles. The second-order valence-electron chi connectivity index (χ2n) is 5.52. The van der Waals surface area contributed by atoms with Crippen LogP contribution in [-0.4, -0.2) is 24.4 Å². The summed E-state index contributed by atoms with van der Waals surface area (Å²) in [5.41, 5.74) is 6.79. The Hall–Kier alpha value is -2.60. The van der Waals surface area contributed by atoms with E-state index in [-0.39, 0.29) is 10.9 Å². The number of amides is 2. The topological polar surface area (TPSA) is 75.4 Å². The van der Waals surface area contributed by atoms with Crippen molar-refractivity contribution in [2.24, 2.45) is 5.73 Å². The van der Waals surface area contributed by atoms with E-state index >= 15 is 0 Å². The number of carbonyl (C=O) groups excluding carboxylic acids is 2. The monoisotopic (exact) mass is 347 g/mol. The van der Waals surface area contributed by atoms with E-state index in [1.807, 2.05) is 0 Å². The summed E-state index contributed by atoms with van der Waals surface area (Å²) in [6.45, 7) is 0.483. The second-order valence-corrected chi connectivity index (χ2v) is 5.92. The summed E-state index contributed by atoms with van der Waals surface area (Å²) in [6, 6.07) is 10.5. The summed E-state index contributed by atoms with van der Waals surface area (Å²) in [7, 11) is 0. The minimum atomic E-state index is -0.555. The molecular weight excluding hydrogens is 333 g/mol. The number of anilines is 2. The van der Waals surface area contributed by atoms with Crippen molar-refractivity contribution in [1.82, 2.24) is 0 Å². The average molecular weight is 348 g/mol. The van der Waals surface area contributed by atoms with Crippen LogP contribution in [0.4, 0.5) is 15.8 Å². The zero-order valence-electron chi connectivity index (χ0n) is 12.6. The molecular formula is C17H15ClFN3O2. The third-order valence-electron chi connectivity index (χ3n) is 3.93. The Labute approximate surface area is 143 Å². The largest absolute Gasteiger partial charge is 0.374 e. The molecule has 1 fully saturated rings. The van der Waals surface area contributed by atoms with Crippen molar-refractivity contribution in [2.45, 2.75) is 12.5 Å². The zero-order chi connectivity index (χ0) is 17.3. The van der Waals surface area contributed by atoms with Gasteiger partial charge in [-0.15, -0.1) is 0 Å². The molecule has 2 amide bonds. The zero-order valence-corrected chi connectivity index (χ0v) is 13.4. The van der Waals surface area contributed by atoms with Gasteiger partial charge in [0.25, 0.3) is 0 Å². The maximum absolute atomic E-state index is 13.6. The molecule has 0 aromatic heterocycles. The summed E-state index contributed by atoms with van der Waals surface area (Å²) < 4.78 is 13.6. The van der Waals surface area contributed by atoms with E-state index < -0.39 is 17.8 Å². The Morgan fingerprint density at radius 1 is 1.25 bits per heavy atom. The van der Waals surface area contributed by atoms with Gasteiger partial charge in [0.15, 0.2) is 0 Å². The number of carbonyl (C=O) groups is 2. The molecule has 5 nitrogen and oxygen atoms in total. The number of nitrogens with one attached hydrogen (secondary N) is 1. The number of nitrogens with zero attached hydrogens (tertiary/aromatic N) is 1. The number of halogens is 2. The quantitative estimate of drug-likeness (QED) is 0.893. The highest BCUT2D eigenvalue weighted by Crippen LogP contribution is 2.27. The summed E-state index contributed by atoms with van der Waals surface area (Å²) in [4.78, 5) is 25.1. The molecule has 0 saturated carbocycles. The van der Waals surface area contributed by atoms with Crippen LogP contribution in [0.25, 0.3) is 0 Å². The molecule has 1 heterocycles. The summed E-state index contributed by atoms with van der Waals surface area (Å²) in [5.74, 6) is -1.20. The van der Waals surface area contributed by atoms with Gasteiger partial charge in [0.2, 0.25) is 11.8 Å². The fourth-order valence-electron chi connectivity index (χ4n) is 2.66. The Kier molecular flexibility index (Phi) is 4.40. The van der Waals surface area contributed by atoms with Crippen molar-refractivity contribution in [1.29, 1.82) is 0 Å². The molecule has 124 valence electrons. The van der Waals surface area contributed by atoms with Crippen molar-refractivity contribution < 1.29 is 14.0 Å². The molecule has 2 aromatic carbocycles. The molecule has 24 heavy (non-hydrogen) atoms. The van der Waals surface area contributed by atoms with Crippen molar-refractivity contribution in [3.63, 3.8) is 0 Å². The van der Waals surface area contributed by atoms with Crippen LogP contribution in [0.2, 0.25) is 5.02 Å². The van der Waals surface area contributed by atoms with E-state index in [9.17, 15) is 14.0 Å². The van der Waals surface area contributed by atoms with Crippen LogP contribution in [0.1, 0.15) is 16.8 Å². The van der Waals surface area contributed by atoms with Gasteiger partial charge in [0.1, 0.15) is 11.9 Å². The molecule has 0 radical (unpaired) electrons. The molecule has 3 rings (SSSR count). The van der Waals surface area contributed by atoms with E-state index in [0.29, 0.717) is 29.9 Å². The van der Waals surface area contributed by atoms with Crippen LogP contribution >= 0.6 is 11.6 Å². The summed E-state index contributed by atoms with van der Waals surface area (Å²) in [6.07, 6.45) is 0.584. The van der Waals surface area contributed by atoms with Gasteiger partial charge in [-0.25, -0.2) is 4.39 Å². The number of primary amides is 1. The molecule has 0 spiro atoms. The van der Waals surface area contributed by atoms with Crippen molar-refractivity contribution in [3.8, 4) is 0 Å². The van der Waals surface area contributed by atoms with Gasteiger partial charge in [-0.05, 0) is 48.9 Å². The molecule has 3 N–H and O–H groups in total. The Morgan fingerprint density at radius 2 is 1.96 bits per heavy atom. The van der Waals surface area contributed by atoms with Crippen molar-refractivity contribution in [3.05, 3.63) is 58.9 Å². The van der Waals surface area contributed by atoms with Crippen LogP contribution < -0.4 is 16.0 Å². The molecule has 7 heteroatoms. The number of nitrogens with two attached hydrogens (primary N) is 1. The lowest BCUT2D eigenvalue weighted by Gasteiger charge is -2.18. The smallest absolute Gasteiger partial charge is 0.249 e. The second kappa shape index (κ2) is 6.49. The van der Waals surface area contributed by atoms with E-state index in [2.05, 4.69) is 5.32 Å². The third kappa shape index (κ3) is 3.19. The highest BCUT2D eigenvalue weighted by atomic mass is 35.5. The first-order chi connectivity index (χ1) is 11.5. The molecule has 1 aliphatic rings. The highest BCUT2D eigenvalue weighted by Gasteiger charge is 2.32. The van der Waals surface area contributed by atoms with Gasteiger partial charge >= 0.3 is 0 Å². The van der Waals surface area contributed by atoms with E-state index in [1.165, 1.54) is 17.0 Å². The van der Waals surface area contributed by atoms with Crippen LogP contribution in [0, 0.1) is 5.82 Å². The molecule has 2 aromatic rings. The maximum Gasteiger partial charge on any atom is 0.249 e. The van der Waals surface area contributed by atoms with Gasteiger partial charge < -0.3 is 16.0 Å². The van der Waals surface area contributed by atoms with Crippen LogP contribution in [0.15, 0.2) is 42.5 Å². The fourth-order valence-corrected chi connectivity index (χ4v) is 2.77. The number of benzene rings is 2. The fraction of sp³-hybridized carbons (Fsp3) is 0.176. The van der Waals surface area contributed by atoms with Crippen molar-refractivity contribution >= 4 is 34.8 Å². The predicted molar refractivity (Wildman–Crippen MR) is 90.8 cm³/mol. The lowest BCUT2D eigenvalue weighted by molar-refractivity contribution is -0.117. The van der Waals surface area contributed by atoms with E-state index in [0.717, 1.165) is 0 Å². The average Bonchev–Trinajstić information content (AvgIpc) is 2.91. The lowest BCUT2D eigenvalue weighted by Crippen LogP contribution is -2.33.